The second kappa shape index (κ2) is 8.66. The monoisotopic (exact) mass is 335 g/mol. The molecular weight excluding hydrogens is 310 g/mol. The van der Waals surface area contributed by atoms with Crippen LogP contribution in [0.2, 0.25) is 0 Å². The highest BCUT2D eigenvalue weighted by Crippen LogP contribution is 2.24. The predicted octanol–water partition coefficient (Wildman–Crippen LogP) is 3.47. The van der Waals surface area contributed by atoms with Crippen LogP contribution in [0.25, 0.3) is 0 Å². The molecule has 0 amide bonds. The zero-order valence-electron chi connectivity index (χ0n) is 14.8. The molecule has 1 fully saturated rings. The van der Waals surface area contributed by atoms with Gasteiger partial charge in [0.1, 0.15) is 18.4 Å². The van der Waals surface area contributed by atoms with E-state index in [4.69, 9.17) is 4.74 Å². The van der Waals surface area contributed by atoms with Crippen molar-refractivity contribution in [3.8, 4) is 11.8 Å². The first kappa shape index (κ1) is 17.5. The van der Waals surface area contributed by atoms with Crippen molar-refractivity contribution in [2.45, 2.75) is 19.6 Å². The Hall–Kier alpha value is -2.35. The molecule has 3 rings (SSSR count). The summed E-state index contributed by atoms with van der Waals surface area (Å²) in [7, 11) is 0. The number of hydrogen-bond donors (Lipinski definition) is 0. The summed E-state index contributed by atoms with van der Waals surface area (Å²) in [5.41, 5.74) is 2.19. The molecule has 0 aliphatic carbocycles. The van der Waals surface area contributed by atoms with Gasteiger partial charge in [-0.15, -0.1) is 0 Å². The third kappa shape index (κ3) is 4.60. The number of piperazine rings is 1. The van der Waals surface area contributed by atoms with Crippen molar-refractivity contribution in [1.82, 2.24) is 9.80 Å². The van der Waals surface area contributed by atoms with E-state index in [0.717, 1.165) is 49.6 Å². The lowest BCUT2D eigenvalue weighted by atomic mass is 10.1. The van der Waals surface area contributed by atoms with Crippen LogP contribution in [0.4, 0.5) is 0 Å². The summed E-state index contributed by atoms with van der Waals surface area (Å²) in [4.78, 5) is 4.69. The first-order valence-corrected chi connectivity index (χ1v) is 8.93. The van der Waals surface area contributed by atoms with Crippen molar-refractivity contribution >= 4 is 0 Å². The number of nitrogens with zero attached hydrogens (tertiary/aromatic N) is 3. The molecule has 0 N–H and O–H groups in total. The molecule has 2 aromatic rings. The molecule has 4 nitrogen and oxygen atoms in total. The average molecular weight is 335 g/mol. The maximum Gasteiger partial charge on any atom is 0.123 e. The molecule has 25 heavy (non-hydrogen) atoms. The second-order valence-corrected chi connectivity index (χ2v) is 6.35. The molecule has 1 unspecified atom stereocenters. The fraction of sp³-hybridized carbons (Fsp3) is 0.381. The van der Waals surface area contributed by atoms with Gasteiger partial charge in [0, 0.05) is 26.2 Å². The first-order chi connectivity index (χ1) is 12.3. The van der Waals surface area contributed by atoms with E-state index in [1.165, 1.54) is 0 Å². The van der Waals surface area contributed by atoms with Gasteiger partial charge in [-0.1, -0.05) is 49.4 Å². The van der Waals surface area contributed by atoms with E-state index >= 15 is 0 Å². The molecule has 4 heteroatoms. The van der Waals surface area contributed by atoms with Crippen molar-refractivity contribution in [2.75, 3.05) is 32.7 Å². The van der Waals surface area contributed by atoms with Crippen molar-refractivity contribution < 1.29 is 4.74 Å². The smallest absolute Gasteiger partial charge is 0.123 e. The van der Waals surface area contributed by atoms with Crippen LogP contribution in [0.5, 0.6) is 5.75 Å². The van der Waals surface area contributed by atoms with Crippen molar-refractivity contribution in [3.63, 3.8) is 0 Å². The highest BCUT2D eigenvalue weighted by molar-refractivity contribution is 5.32. The summed E-state index contributed by atoms with van der Waals surface area (Å²) >= 11 is 0. The van der Waals surface area contributed by atoms with Gasteiger partial charge in [-0.25, -0.2) is 0 Å². The summed E-state index contributed by atoms with van der Waals surface area (Å²) in [5, 5.41) is 9.64. The molecule has 0 bridgehead atoms. The minimum absolute atomic E-state index is 0.179. The quantitative estimate of drug-likeness (QED) is 0.810. The van der Waals surface area contributed by atoms with Gasteiger partial charge in [0.05, 0.1) is 6.07 Å². The van der Waals surface area contributed by atoms with E-state index < -0.39 is 0 Å². The summed E-state index contributed by atoms with van der Waals surface area (Å²) in [6.07, 6.45) is 0. The topological polar surface area (TPSA) is 39.5 Å². The van der Waals surface area contributed by atoms with Gasteiger partial charge >= 0.3 is 0 Å². The average Bonchev–Trinajstić information content (AvgIpc) is 2.69. The summed E-state index contributed by atoms with van der Waals surface area (Å²) < 4.78 is 5.83. The largest absolute Gasteiger partial charge is 0.489 e. The van der Waals surface area contributed by atoms with Crippen LogP contribution in [-0.4, -0.2) is 42.5 Å². The Balaban J connectivity index is 1.59. The molecule has 2 aromatic carbocycles. The van der Waals surface area contributed by atoms with E-state index in [0.29, 0.717) is 6.61 Å². The van der Waals surface area contributed by atoms with Crippen LogP contribution in [0, 0.1) is 11.3 Å². The van der Waals surface area contributed by atoms with Crippen molar-refractivity contribution in [3.05, 3.63) is 65.7 Å². The third-order valence-corrected chi connectivity index (χ3v) is 4.79. The Bertz CT molecular complexity index is 685. The molecular formula is C21H25N3O. The minimum Gasteiger partial charge on any atom is -0.489 e. The van der Waals surface area contributed by atoms with E-state index in [9.17, 15) is 5.26 Å². The molecule has 130 valence electrons. The predicted molar refractivity (Wildman–Crippen MR) is 99.3 cm³/mol. The van der Waals surface area contributed by atoms with Crippen molar-refractivity contribution in [1.29, 1.82) is 5.26 Å². The second-order valence-electron chi connectivity index (χ2n) is 6.35. The maximum atomic E-state index is 9.64. The zero-order valence-corrected chi connectivity index (χ0v) is 14.8. The molecule has 1 atom stereocenters. The van der Waals surface area contributed by atoms with E-state index in [1.807, 2.05) is 42.5 Å². The van der Waals surface area contributed by atoms with Crippen LogP contribution in [0.3, 0.4) is 0 Å². The van der Waals surface area contributed by atoms with Gasteiger partial charge in [-0.3, -0.25) is 4.90 Å². The van der Waals surface area contributed by atoms with Gasteiger partial charge in [-0.2, -0.15) is 5.26 Å². The fourth-order valence-electron chi connectivity index (χ4n) is 3.19. The summed E-state index contributed by atoms with van der Waals surface area (Å²) in [6, 6.07) is 20.4. The van der Waals surface area contributed by atoms with Gasteiger partial charge in [-0.05, 0) is 29.8 Å². The van der Waals surface area contributed by atoms with Crippen LogP contribution in [-0.2, 0) is 6.61 Å². The molecule has 1 aliphatic heterocycles. The molecule has 0 spiro atoms. The molecule has 1 saturated heterocycles. The van der Waals surface area contributed by atoms with Gasteiger partial charge in [0.15, 0.2) is 0 Å². The fourth-order valence-corrected chi connectivity index (χ4v) is 3.19. The van der Waals surface area contributed by atoms with Gasteiger partial charge < -0.3 is 9.64 Å². The Labute approximate surface area is 150 Å². The van der Waals surface area contributed by atoms with Crippen LogP contribution in [0.15, 0.2) is 54.6 Å². The lowest BCUT2D eigenvalue weighted by Gasteiger charge is -2.36. The third-order valence-electron chi connectivity index (χ3n) is 4.79. The molecule has 0 aromatic heterocycles. The number of ether oxygens (including phenoxy) is 1. The normalized spacial score (nSPS) is 17.0. The molecule has 1 heterocycles. The van der Waals surface area contributed by atoms with E-state index in [-0.39, 0.29) is 6.04 Å². The molecule has 0 radical (unpaired) electrons. The first-order valence-electron chi connectivity index (χ1n) is 8.93. The molecule has 1 aliphatic rings. The summed E-state index contributed by atoms with van der Waals surface area (Å²) in [6.45, 7) is 7.78. The number of nitriles is 1. The van der Waals surface area contributed by atoms with Crippen molar-refractivity contribution in [2.24, 2.45) is 0 Å². The zero-order chi connectivity index (χ0) is 17.5. The van der Waals surface area contributed by atoms with E-state index in [1.54, 1.807) is 0 Å². The minimum atomic E-state index is -0.179. The van der Waals surface area contributed by atoms with E-state index in [2.05, 4.69) is 34.9 Å². The van der Waals surface area contributed by atoms with Crippen LogP contribution >= 0.6 is 0 Å². The highest BCUT2D eigenvalue weighted by Gasteiger charge is 2.24. The lowest BCUT2D eigenvalue weighted by Crippen LogP contribution is -2.47. The molecule has 0 saturated carbocycles. The van der Waals surface area contributed by atoms with Crippen LogP contribution < -0.4 is 4.74 Å². The van der Waals surface area contributed by atoms with Gasteiger partial charge in [0.25, 0.3) is 0 Å². The Kier molecular flexibility index (Phi) is 6.05. The maximum absolute atomic E-state index is 9.64. The van der Waals surface area contributed by atoms with Gasteiger partial charge in [0.2, 0.25) is 0 Å². The number of rotatable bonds is 6. The Morgan fingerprint density at radius 2 is 1.68 bits per heavy atom. The Morgan fingerprint density at radius 3 is 2.28 bits per heavy atom. The lowest BCUT2D eigenvalue weighted by molar-refractivity contribution is 0.118. The highest BCUT2D eigenvalue weighted by atomic mass is 16.5. The number of benzene rings is 2. The summed E-state index contributed by atoms with van der Waals surface area (Å²) in [5.74, 6) is 0.833. The standard InChI is InChI=1S/C21H25N3O/c1-2-23-12-14-24(15-13-23)21(16-22)19-8-10-20(11-9-19)25-17-18-6-4-3-5-7-18/h3-11,21H,2,12-15,17H2,1H3. The SMILES string of the molecule is CCN1CCN(C(C#N)c2ccc(OCc3ccccc3)cc2)CC1. The number of likely N-dealkylation sites (N-methyl/N-ethyl adjacent to an activating group) is 1. The Morgan fingerprint density at radius 1 is 1.00 bits per heavy atom. The van der Waals surface area contributed by atoms with Crippen LogP contribution in [0.1, 0.15) is 24.1 Å². The number of hydrogen-bond acceptors (Lipinski definition) is 4.